The summed E-state index contributed by atoms with van der Waals surface area (Å²) in [5.74, 6) is -1.19. The van der Waals surface area contributed by atoms with Gasteiger partial charge >= 0.3 is 5.97 Å². The van der Waals surface area contributed by atoms with Crippen LogP contribution in [0.2, 0.25) is 5.02 Å². The van der Waals surface area contributed by atoms with Gasteiger partial charge in [-0.1, -0.05) is 17.7 Å². The number of fused-ring (bicyclic) bond motifs is 1. The maximum Gasteiger partial charge on any atom is 0.306 e. The number of halogens is 1. The van der Waals surface area contributed by atoms with Crippen molar-refractivity contribution in [1.29, 1.82) is 0 Å². The Morgan fingerprint density at radius 2 is 1.97 bits per heavy atom. The van der Waals surface area contributed by atoms with Gasteiger partial charge in [0.25, 0.3) is 5.91 Å². The quantitative estimate of drug-likeness (QED) is 0.495. The van der Waals surface area contributed by atoms with Crippen LogP contribution < -0.4 is 15.0 Å². The van der Waals surface area contributed by atoms with E-state index in [1.165, 1.54) is 11.0 Å². The number of esters is 1. The highest BCUT2D eigenvalue weighted by atomic mass is 35.5. The molecule has 31 heavy (non-hydrogen) atoms. The van der Waals surface area contributed by atoms with Crippen molar-refractivity contribution in [2.75, 3.05) is 30.0 Å². The summed E-state index contributed by atoms with van der Waals surface area (Å²) in [5, 5.41) is 3.16. The lowest BCUT2D eigenvalue weighted by Crippen LogP contribution is -2.43. The molecule has 0 radical (unpaired) electrons. The molecule has 0 unspecified atom stereocenters. The number of ketones is 1. The highest BCUT2D eigenvalue weighted by Crippen LogP contribution is 2.33. The van der Waals surface area contributed by atoms with Crippen molar-refractivity contribution in [2.45, 2.75) is 19.8 Å². The van der Waals surface area contributed by atoms with E-state index >= 15 is 0 Å². The highest BCUT2D eigenvalue weighted by molar-refractivity contribution is 6.30. The van der Waals surface area contributed by atoms with Crippen LogP contribution in [-0.4, -0.2) is 43.3 Å². The third kappa shape index (κ3) is 5.82. The van der Waals surface area contributed by atoms with Crippen molar-refractivity contribution in [2.24, 2.45) is 0 Å². The zero-order valence-corrected chi connectivity index (χ0v) is 17.6. The summed E-state index contributed by atoms with van der Waals surface area (Å²) in [7, 11) is 0. The standard InChI is InChI=1S/C22H21ClN2O6/c1-2-30-22(29)9-7-18(26)14-6-8-19-17(10-14)25(21(28)13-31-19)12-20(27)24-16-5-3-4-15(23)11-16/h3-6,8,10-11H,2,7,9,12-13H2,1H3,(H,24,27). The van der Waals surface area contributed by atoms with Gasteiger partial charge in [0.05, 0.1) is 18.7 Å². The average molecular weight is 445 g/mol. The fourth-order valence-electron chi connectivity index (χ4n) is 3.05. The molecule has 1 heterocycles. The molecule has 1 aliphatic heterocycles. The number of ether oxygens (including phenoxy) is 2. The van der Waals surface area contributed by atoms with Crippen LogP contribution in [0.1, 0.15) is 30.1 Å². The molecule has 0 spiro atoms. The Morgan fingerprint density at radius 3 is 2.71 bits per heavy atom. The summed E-state index contributed by atoms with van der Waals surface area (Å²) in [6.07, 6.45) is -0.0629. The van der Waals surface area contributed by atoms with Gasteiger partial charge in [-0.15, -0.1) is 0 Å². The normalized spacial score (nSPS) is 12.6. The van der Waals surface area contributed by atoms with Crippen molar-refractivity contribution < 1.29 is 28.7 Å². The number of nitrogens with zero attached hydrogens (tertiary/aromatic N) is 1. The second kappa shape index (κ2) is 10.1. The van der Waals surface area contributed by atoms with Crippen LogP contribution in [-0.2, 0) is 19.1 Å². The molecule has 0 fully saturated rings. The summed E-state index contributed by atoms with van der Waals surface area (Å²) in [4.78, 5) is 50.2. The summed E-state index contributed by atoms with van der Waals surface area (Å²) in [6, 6.07) is 11.3. The molecule has 0 saturated heterocycles. The summed E-state index contributed by atoms with van der Waals surface area (Å²) in [6.45, 7) is 1.46. The lowest BCUT2D eigenvalue weighted by molar-refractivity contribution is -0.143. The number of carbonyl (C=O) groups excluding carboxylic acids is 4. The molecule has 8 nitrogen and oxygen atoms in total. The number of carbonyl (C=O) groups is 4. The first kappa shape index (κ1) is 22.3. The van der Waals surface area contributed by atoms with E-state index in [2.05, 4.69) is 5.32 Å². The molecule has 1 N–H and O–H groups in total. The molecular formula is C22H21ClN2O6. The minimum atomic E-state index is -0.452. The molecule has 9 heteroatoms. The molecule has 0 aromatic heterocycles. The SMILES string of the molecule is CCOC(=O)CCC(=O)c1ccc2c(c1)N(CC(=O)Nc1cccc(Cl)c1)C(=O)CO2. The Hall–Kier alpha value is -3.39. The first-order valence-electron chi connectivity index (χ1n) is 9.69. The number of hydrogen-bond donors (Lipinski definition) is 1. The Kier molecular flexibility index (Phi) is 7.25. The highest BCUT2D eigenvalue weighted by Gasteiger charge is 2.28. The van der Waals surface area contributed by atoms with Crippen molar-refractivity contribution in [3.8, 4) is 5.75 Å². The topological polar surface area (TPSA) is 102 Å². The van der Waals surface area contributed by atoms with Gasteiger partial charge in [-0.25, -0.2) is 0 Å². The summed E-state index contributed by atoms with van der Waals surface area (Å²) < 4.78 is 10.3. The average Bonchev–Trinajstić information content (AvgIpc) is 2.74. The second-order valence-electron chi connectivity index (χ2n) is 6.74. The van der Waals surface area contributed by atoms with Gasteiger partial charge < -0.3 is 14.8 Å². The number of nitrogens with one attached hydrogen (secondary N) is 1. The fraction of sp³-hybridized carbons (Fsp3) is 0.273. The van der Waals surface area contributed by atoms with Gasteiger partial charge in [0.2, 0.25) is 5.91 Å². The molecule has 1 aliphatic rings. The van der Waals surface area contributed by atoms with Gasteiger partial charge in [-0.05, 0) is 43.3 Å². The predicted molar refractivity (Wildman–Crippen MR) is 115 cm³/mol. The third-order valence-electron chi connectivity index (χ3n) is 4.50. The molecule has 162 valence electrons. The predicted octanol–water partition coefficient (Wildman–Crippen LogP) is 3.23. The van der Waals surface area contributed by atoms with Gasteiger partial charge in [-0.2, -0.15) is 0 Å². The molecule has 0 bridgehead atoms. The first-order chi connectivity index (χ1) is 14.9. The zero-order chi connectivity index (χ0) is 22.4. The largest absolute Gasteiger partial charge is 0.482 e. The molecule has 3 rings (SSSR count). The van der Waals surface area contributed by atoms with Crippen LogP contribution in [0.5, 0.6) is 5.75 Å². The number of Topliss-reactive ketones (excluding diaryl/α,β-unsaturated/α-hetero) is 1. The van der Waals surface area contributed by atoms with Crippen LogP contribution in [0.3, 0.4) is 0 Å². The Morgan fingerprint density at radius 1 is 1.16 bits per heavy atom. The van der Waals surface area contributed by atoms with E-state index in [0.29, 0.717) is 27.7 Å². The monoisotopic (exact) mass is 444 g/mol. The van der Waals surface area contributed by atoms with E-state index in [4.69, 9.17) is 21.1 Å². The molecule has 2 aromatic rings. The van der Waals surface area contributed by atoms with Crippen LogP contribution in [0.15, 0.2) is 42.5 Å². The number of anilines is 2. The number of benzene rings is 2. The van der Waals surface area contributed by atoms with Crippen LogP contribution in [0, 0.1) is 0 Å². The number of rotatable bonds is 8. The summed E-state index contributed by atoms with van der Waals surface area (Å²) >= 11 is 5.93. The van der Waals surface area contributed by atoms with E-state index in [-0.39, 0.29) is 38.4 Å². The van der Waals surface area contributed by atoms with Gasteiger partial charge in [-0.3, -0.25) is 24.1 Å². The van der Waals surface area contributed by atoms with E-state index in [1.807, 2.05) is 0 Å². The van der Waals surface area contributed by atoms with E-state index < -0.39 is 17.8 Å². The number of hydrogen-bond acceptors (Lipinski definition) is 6. The molecule has 0 saturated carbocycles. The van der Waals surface area contributed by atoms with Crippen molar-refractivity contribution >= 4 is 46.5 Å². The molecule has 0 atom stereocenters. The van der Waals surface area contributed by atoms with E-state index in [9.17, 15) is 19.2 Å². The lowest BCUT2D eigenvalue weighted by atomic mass is 10.0. The van der Waals surface area contributed by atoms with Crippen LogP contribution >= 0.6 is 11.6 Å². The van der Waals surface area contributed by atoms with E-state index in [0.717, 1.165) is 0 Å². The van der Waals surface area contributed by atoms with E-state index in [1.54, 1.807) is 43.3 Å². The third-order valence-corrected chi connectivity index (χ3v) is 4.73. The minimum absolute atomic E-state index is 0.0261. The Balaban J connectivity index is 1.74. The van der Waals surface area contributed by atoms with Gasteiger partial charge in [0, 0.05) is 22.7 Å². The van der Waals surface area contributed by atoms with Crippen LogP contribution in [0.4, 0.5) is 11.4 Å². The Labute approximate surface area is 184 Å². The molecule has 2 amide bonds. The van der Waals surface area contributed by atoms with Crippen molar-refractivity contribution in [3.63, 3.8) is 0 Å². The molecular weight excluding hydrogens is 424 g/mol. The molecule has 2 aromatic carbocycles. The maximum absolute atomic E-state index is 12.5. The fourth-order valence-corrected chi connectivity index (χ4v) is 3.24. The van der Waals surface area contributed by atoms with Gasteiger partial charge in [0.1, 0.15) is 12.3 Å². The maximum atomic E-state index is 12.5. The summed E-state index contributed by atoms with van der Waals surface area (Å²) in [5.41, 5.74) is 1.13. The van der Waals surface area contributed by atoms with Crippen molar-refractivity contribution in [3.05, 3.63) is 53.1 Å². The molecule has 0 aliphatic carbocycles. The minimum Gasteiger partial charge on any atom is -0.482 e. The first-order valence-corrected chi connectivity index (χ1v) is 10.1. The van der Waals surface area contributed by atoms with Crippen LogP contribution in [0.25, 0.3) is 0 Å². The zero-order valence-electron chi connectivity index (χ0n) is 16.9. The smallest absolute Gasteiger partial charge is 0.306 e. The Bertz CT molecular complexity index is 1020. The van der Waals surface area contributed by atoms with Crippen molar-refractivity contribution in [1.82, 2.24) is 0 Å². The van der Waals surface area contributed by atoms with Gasteiger partial charge in [0.15, 0.2) is 12.4 Å². The second-order valence-corrected chi connectivity index (χ2v) is 7.17. The number of amides is 2. The lowest BCUT2D eigenvalue weighted by Gasteiger charge is -2.29.